The van der Waals surface area contributed by atoms with Crippen molar-refractivity contribution >= 4 is 28.3 Å². The highest BCUT2D eigenvalue weighted by Gasteiger charge is 2.40. The van der Waals surface area contributed by atoms with Gasteiger partial charge >= 0.3 is 0 Å². The van der Waals surface area contributed by atoms with Gasteiger partial charge in [0.25, 0.3) is 11.8 Å². The summed E-state index contributed by atoms with van der Waals surface area (Å²) in [7, 11) is 0. The van der Waals surface area contributed by atoms with Crippen LogP contribution in [0.3, 0.4) is 0 Å². The van der Waals surface area contributed by atoms with E-state index >= 15 is 0 Å². The van der Waals surface area contributed by atoms with Crippen molar-refractivity contribution in [2.24, 2.45) is 0 Å². The molecule has 1 aliphatic heterocycles. The van der Waals surface area contributed by atoms with E-state index < -0.39 is 11.5 Å². The van der Waals surface area contributed by atoms with Crippen molar-refractivity contribution in [1.82, 2.24) is 15.2 Å². The minimum Gasteiger partial charge on any atom is -0.380 e. The number of anilines is 1. The molecule has 0 radical (unpaired) electrons. The molecule has 3 rings (SSSR count). The van der Waals surface area contributed by atoms with Crippen LogP contribution in [0.15, 0.2) is 29.6 Å². The first-order chi connectivity index (χ1) is 12.4. The Morgan fingerprint density at radius 1 is 1.35 bits per heavy atom. The number of aromatic nitrogens is 1. The zero-order valence-corrected chi connectivity index (χ0v) is 15.4. The van der Waals surface area contributed by atoms with Gasteiger partial charge in [-0.1, -0.05) is 24.3 Å². The molecule has 0 unspecified atom stereocenters. The van der Waals surface area contributed by atoms with Crippen LogP contribution in [0.25, 0.3) is 0 Å². The van der Waals surface area contributed by atoms with E-state index in [0.29, 0.717) is 30.5 Å². The van der Waals surface area contributed by atoms with E-state index in [1.807, 2.05) is 31.2 Å². The predicted molar refractivity (Wildman–Crippen MR) is 99.6 cm³/mol. The van der Waals surface area contributed by atoms with Gasteiger partial charge in [0.1, 0.15) is 11.3 Å². The largest absolute Gasteiger partial charge is 0.380 e. The molecule has 1 aromatic carbocycles. The van der Waals surface area contributed by atoms with Crippen molar-refractivity contribution in [3.8, 4) is 0 Å². The second-order valence-electron chi connectivity index (χ2n) is 6.50. The third-order valence-electron chi connectivity index (χ3n) is 4.74. The van der Waals surface area contributed by atoms with Gasteiger partial charge in [-0.3, -0.25) is 9.59 Å². The van der Waals surface area contributed by atoms with Gasteiger partial charge in [0.15, 0.2) is 5.13 Å². The van der Waals surface area contributed by atoms with Gasteiger partial charge in [-0.05, 0) is 18.1 Å². The number of hydrogen-bond donors (Lipinski definition) is 3. The molecular formula is C18H22N4O3S. The quantitative estimate of drug-likeness (QED) is 0.748. The van der Waals surface area contributed by atoms with Gasteiger partial charge in [-0.15, -0.1) is 11.3 Å². The van der Waals surface area contributed by atoms with Crippen LogP contribution in [0.2, 0.25) is 0 Å². The summed E-state index contributed by atoms with van der Waals surface area (Å²) in [4.78, 5) is 30.4. The monoisotopic (exact) mass is 374 g/mol. The first kappa shape index (κ1) is 18.3. The highest BCUT2D eigenvalue weighted by Crippen LogP contribution is 2.24. The fourth-order valence-corrected chi connectivity index (χ4v) is 3.54. The number of amides is 2. The van der Waals surface area contributed by atoms with Crippen molar-refractivity contribution in [3.05, 3.63) is 46.5 Å². The van der Waals surface area contributed by atoms with E-state index in [4.69, 9.17) is 5.73 Å². The lowest BCUT2D eigenvalue weighted by molar-refractivity contribution is -0.144. The molecule has 0 saturated carbocycles. The number of nitrogens with one attached hydrogen (secondary N) is 1. The van der Waals surface area contributed by atoms with E-state index in [2.05, 4.69) is 10.3 Å². The Morgan fingerprint density at radius 3 is 2.65 bits per heavy atom. The summed E-state index contributed by atoms with van der Waals surface area (Å²) in [6.07, 6.45) is 0.385. The first-order valence-corrected chi connectivity index (χ1v) is 9.32. The number of benzene rings is 1. The SMILES string of the molecule is Cc1ccccc1CNC(=O)C1(O)CCN(C(=O)c2csc(N)n2)CC1. The minimum atomic E-state index is -1.46. The molecule has 4 N–H and O–H groups in total. The molecule has 0 bridgehead atoms. The number of aliphatic hydroxyl groups is 1. The number of carbonyl (C=O) groups is 2. The molecule has 138 valence electrons. The van der Waals surface area contributed by atoms with Gasteiger partial charge in [0.05, 0.1) is 0 Å². The van der Waals surface area contributed by atoms with Crippen molar-refractivity contribution in [3.63, 3.8) is 0 Å². The molecular weight excluding hydrogens is 352 g/mol. The highest BCUT2D eigenvalue weighted by atomic mass is 32.1. The van der Waals surface area contributed by atoms with E-state index in [9.17, 15) is 14.7 Å². The van der Waals surface area contributed by atoms with Crippen LogP contribution in [0.4, 0.5) is 5.13 Å². The smallest absolute Gasteiger partial charge is 0.273 e. The van der Waals surface area contributed by atoms with Crippen LogP contribution in [-0.2, 0) is 11.3 Å². The predicted octanol–water partition coefficient (Wildman–Crippen LogP) is 1.32. The van der Waals surface area contributed by atoms with Gasteiger partial charge < -0.3 is 21.1 Å². The van der Waals surface area contributed by atoms with E-state index in [-0.39, 0.29) is 18.7 Å². The van der Waals surface area contributed by atoms with Crippen LogP contribution < -0.4 is 11.1 Å². The summed E-state index contributed by atoms with van der Waals surface area (Å²) in [5.74, 6) is -0.619. The number of nitrogens with zero attached hydrogens (tertiary/aromatic N) is 2. The van der Waals surface area contributed by atoms with Crippen LogP contribution in [0.5, 0.6) is 0 Å². The summed E-state index contributed by atoms with van der Waals surface area (Å²) >= 11 is 1.21. The molecule has 2 aromatic rings. The molecule has 0 spiro atoms. The second-order valence-corrected chi connectivity index (χ2v) is 7.39. The summed E-state index contributed by atoms with van der Waals surface area (Å²) in [5.41, 5.74) is 6.51. The number of thiazole rings is 1. The van der Waals surface area contributed by atoms with Crippen molar-refractivity contribution in [2.75, 3.05) is 18.8 Å². The van der Waals surface area contributed by atoms with Crippen LogP contribution in [-0.4, -0.2) is 45.5 Å². The standard InChI is InChI=1S/C18H22N4O3S/c1-12-4-2-3-5-13(12)10-20-16(24)18(25)6-8-22(9-7-18)15(23)14-11-26-17(19)21-14/h2-5,11,25H,6-10H2,1H3,(H2,19,21)(H,20,24). The summed E-state index contributed by atoms with van der Waals surface area (Å²) in [5, 5.41) is 15.5. The molecule has 0 aliphatic carbocycles. The van der Waals surface area contributed by atoms with Gasteiger partial charge in [-0.25, -0.2) is 4.98 Å². The summed E-state index contributed by atoms with van der Waals surface area (Å²) in [6.45, 7) is 2.94. The fraction of sp³-hybridized carbons (Fsp3) is 0.389. The maximum atomic E-state index is 12.5. The maximum Gasteiger partial charge on any atom is 0.273 e. The topological polar surface area (TPSA) is 109 Å². The average molecular weight is 374 g/mol. The average Bonchev–Trinajstić information content (AvgIpc) is 3.07. The van der Waals surface area contributed by atoms with Crippen LogP contribution >= 0.6 is 11.3 Å². The Bertz CT molecular complexity index is 812. The fourth-order valence-electron chi connectivity index (χ4n) is 3.00. The number of rotatable bonds is 4. The van der Waals surface area contributed by atoms with E-state index in [1.54, 1.807) is 10.3 Å². The number of nitrogen functional groups attached to an aromatic ring is 1. The molecule has 1 aliphatic rings. The lowest BCUT2D eigenvalue weighted by atomic mass is 9.90. The summed E-state index contributed by atoms with van der Waals surface area (Å²) < 4.78 is 0. The third-order valence-corrected chi connectivity index (χ3v) is 5.42. The van der Waals surface area contributed by atoms with Crippen LogP contribution in [0.1, 0.15) is 34.5 Å². The summed E-state index contributed by atoms with van der Waals surface area (Å²) in [6, 6.07) is 7.78. The molecule has 2 heterocycles. The van der Waals surface area contributed by atoms with Crippen molar-refractivity contribution in [2.45, 2.75) is 31.9 Å². The van der Waals surface area contributed by atoms with Gasteiger partial charge in [0, 0.05) is 37.9 Å². The Morgan fingerprint density at radius 2 is 2.04 bits per heavy atom. The normalized spacial score (nSPS) is 16.3. The minimum absolute atomic E-state index is 0.192. The van der Waals surface area contributed by atoms with Crippen LogP contribution in [0, 0.1) is 6.92 Å². The molecule has 1 saturated heterocycles. The molecule has 0 atom stereocenters. The third kappa shape index (κ3) is 3.86. The Labute approximate surface area is 155 Å². The van der Waals surface area contributed by atoms with E-state index in [1.165, 1.54) is 11.3 Å². The molecule has 26 heavy (non-hydrogen) atoms. The van der Waals surface area contributed by atoms with Crippen molar-refractivity contribution in [1.29, 1.82) is 0 Å². The maximum absolute atomic E-state index is 12.5. The number of hydrogen-bond acceptors (Lipinski definition) is 6. The van der Waals surface area contributed by atoms with Gasteiger partial charge in [-0.2, -0.15) is 0 Å². The Kier molecular flexibility index (Phi) is 5.24. The molecule has 1 aromatic heterocycles. The zero-order chi connectivity index (χ0) is 18.7. The lowest BCUT2D eigenvalue weighted by Gasteiger charge is -2.36. The van der Waals surface area contributed by atoms with Crippen molar-refractivity contribution < 1.29 is 14.7 Å². The Hall–Kier alpha value is -2.45. The van der Waals surface area contributed by atoms with E-state index in [0.717, 1.165) is 11.1 Å². The number of piperidine rings is 1. The molecule has 1 fully saturated rings. The first-order valence-electron chi connectivity index (χ1n) is 8.44. The zero-order valence-electron chi connectivity index (χ0n) is 14.6. The Balaban J connectivity index is 1.56. The number of carbonyl (C=O) groups excluding carboxylic acids is 2. The molecule has 7 nitrogen and oxygen atoms in total. The lowest BCUT2D eigenvalue weighted by Crippen LogP contribution is -2.54. The number of likely N-dealkylation sites (tertiary alicyclic amines) is 1. The van der Waals surface area contributed by atoms with Gasteiger partial charge in [0.2, 0.25) is 0 Å². The highest BCUT2D eigenvalue weighted by molar-refractivity contribution is 7.13. The molecule has 8 heteroatoms. The number of nitrogens with two attached hydrogens (primary N) is 1. The number of aryl methyl sites for hydroxylation is 1. The second kappa shape index (κ2) is 7.43. The molecule has 2 amide bonds.